The molecule has 0 amide bonds. The summed E-state index contributed by atoms with van der Waals surface area (Å²) >= 11 is 0. The van der Waals surface area contributed by atoms with E-state index in [9.17, 15) is 0 Å². The zero-order valence-corrected chi connectivity index (χ0v) is 9.29. The minimum atomic E-state index is -0.543. The number of ether oxygens (including phenoxy) is 1. The van der Waals surface area contributed by atoms with Crippen LogP contribution in [-0.4, -0.2) is 15.4 Å². The van der Waals surface area contributed by atoms with Crippen molar-refractivity contribution in [1.29, 1.82) is 0 Å². The number of hydrogen-bond donors (Lipinski definition) is 0. The predicted octanol–water partition coefficient (Wildman–Crippen LogP) is 2.59. The summed E-state index contributed by atoms with van der Waals surface area (Å²) in [5.41, 5.74) is 2.21. The van der Waals surface area contributed by atoms with Gasteiger partial charge in [-0.1, -0.05) is 32.6 Å². The summed E-state index contributed by atoms with van der Waals surface area (Å²) in [6.07, 6.45) is 3.03. The first-order valence-corrected chi connectivity index (χ1v) is 7.38. The molecule has 0 aliphatic heterocycles. The zero-order chi connectivity index (χ0) is 8.69. The molecule has 1 nitrogen and oxygen atoms in total. The van der Waals surface area contributed by atoms with Crippen molar-refractivity contribution in [2.45, 2.75) is 33.4 Å². The van der Waals surface area contributed by atoms with Gasteiger partial charge in [-0.25, -0.2) is 0 Å². The second-order valence-corrected chi connectivity index (χ2v) is 6.50. The molecule has 0 aromatic heterocycles. The van der Waals surface area contributed by atoms with Crippen molar-refractivity contribution in [3.8, 4) is 0 Å². The molecule has 0 aliphatic rings. The second kappa shape index (κ2) is 6.47. The van der Waals surface area contributed by atoms with Crippen molar-refractivity contribution in [1.82, 2.24) is 0 Å². The lowest BCUT2D eigenvalue weighted by atomic mass is 10.1. The van der Waals surface area contributed by atoms with Gasteiger partial charge in [-0.3, -0.25) is 0 Å². The van der Waals surface area contributed by atoms with Gasteiger partial charge in [0, 0.05) is 0 Å². The van der Waals surface area contributed by atoms with Crippen LogP contribution in [0.2, 0.25) is 13.1 Å². The standard InChI is InChI=1S/C9H20OSi/c1-9(2)5-6-10-7-8-11(3)4/h7-9,11H,5-6H2,1-4H3. The average molecular weight is 172 g/mol. The third-order valence-electron chi connectivity index (χ3n) is 1.37. The first kappa shape index (κ1) is 10.8. The molecule has 0 fully saturated rings. The van der Waals surface area contributed by atoms with E-state index in [1.54, 1.807) is 0 Å². The summed E-state index contributed by atoms with van der Waals surface area (Å²) in [4.78, 5) is 0. The summed E-state index contributed by atoms with van der Waals surface area (Å²) in [5.74, 6) is 0.750. The van der Waals surface area contributed by atoms with Gasteiger partial charge in [0.05, 0.1) is 21.7 Å². The van der Waals surface area contributed by atoms with E-state index in [1.807, 2.05) is 6.26 Å². The maximum Gasteiger partial charge on any atom is 0.0875 e. The van der Waals surface area contributed by atoms with Crippen LogP contribution in [0.25, 0.3) is 0 Å². The molecule has 0 atom stereocenters. The van der Waals surface area contributed by atoms with Gasteiger partial charge in [0.15, 0.2) is 0 Å². The topological polar surface area (TPSA) is 9.23 Å². The molecule has 0 N–H and O–H groups in total. The van der Waals surface area contributed by atoms with Crippen LogP contribution in [0, 0.1) is 5.92 Å². The molecule has 2 heteroatoms. The molecule has 66 valence electrons. The third kappa shape index (κ3) is 9.76. The van der Waals surface area contributed by atoms with Crippen LogP contribution in [0.1, 0.15) is 20.3 Å². The second-order valence-electron chi connectivity index (χ2n) is 3.63. The molecule has 0 rings (SSSR count). The Morgan fingerprint density at radius 2 is 2.00 bits per heavy atom. The minimum absolute atomic E-state index is 0.543. The van der Waals surface area contributed by atoms with Gasteiger partial charge in [-0.05, 0) is 12.3 Å². The Hall–Kier alpha value is -0.243. The Labute approximate surface area is 72.1 Å². The fraction of sp³-hybridized carbons (Fsp3) is 0.778. The summed E-state index contributed by atoms with van der Waals surface area (Å²) < 4.78 is 5.31. The van der Waals surface area contributed by atoms with E-state index >= 15 is 0 Å². The molecule has 0 saturated carbocycles. The average Bonchev–Trinajstić information content (AvgIpc) is 1.85. The van der Waals surface area contributed by atoms with Crippen molar-refractivity contribution >= 4 is 8.80 Å². The van der Waals surface area contributed by atoms with Gasteiger partial charge in [-0.2, -0.15) is 0 Å². The van der Waals surface area contributed by atoms with Crippen LogP contribution in [-0.2, 0) is 4.74 Å². The lowest BCUT2D eigenvalue weighted by Gasteiger charge is -2.03. The van der Waals surface area contributed by atoms with E-state index in [1.165, 1.54) is 0 Å². The highest BCUT2D eigenvalue weighted by Gasteiger charge is 1.91. The molecule has 0 aromatic carbocycles. The molecule has 0 saturated heterocycles. The summed E-state index contributed by atoms with van der Waals surface area (Å²) in [7, 11) is -0.543. The summed E-state index contributed by atoms with van der Waals surface area (Å²) in [6, 6.07) is 0. The van der Waals surface area contributed by atoms with E-state index in [4.69, 9.17) is 4.74 Å². The molecule has 0 bridgehead atoms. The lowest BCUT2D eigenvalue weighted by molar-refractivity contribution is 0.229. The minimum Gasteiger partial charge on any atom is -0.502 e. The summed E-state index contributed by atoms with van der Waals surface area (Å²) in [6.45, 7) is 9.86. The molecule has 11 heavy (non-hydrogen) atoms. The first-order valence-electron chi connectivity index (χ1n) is 4.41. The Bertz CT molecular complexity index is 108. The van der Waals surface area contributed by atoms with Crippen molar-refractivity contribution in [2.75, 3.05) is 6.61 Å². The highest BCUT2D eigenvalue weighted by atomic mass is 28.3. The highest BCUT2D eigenvalue weighted by Crippen LogP contribution is 1.98. The van der Waals surface area contributed by atoms with Crippen LogP contribution >= 0.6 is 0 Å². The van der Waals surface area contributed by atoms with E-state index in [2.05, 4.69) is 32.6 Å². The SMILES string of the molecule is CC(C)CCOC=C[SiH](C)C. The first-order chi connectivity index (χ1) is 5.13. The number of rotatable bonds is 5. The lowest BCUT2D eigenvalue weighted by Crippen LogP contribution is -1.97. The number of hydrogen-bond acceptors (Lipinski definition) is 1. The van der Waals surface area contributed by atoms with Crippen LogP contribution in [0.4, 0.5) is 0 Å². The van der Waals surface area contributed by atoms with Crippen LogP contribution in [0.5, 0.6) is 0 Å². The van der Waals surface area contributed by atoms with Gasteiger partial charge in [-0.15, -0.1) is 0 Å². The smallest absolute Gasteiger partial charge is 0.0875 e. The van der Waals surface area contributed by atoms with E-state index < -0.39 is 8.80 Å². The van der Waals surface area contributed by atoms with Gasteiger partial charge in [0.25, 0.3) is 0 Å². The van der Waals surface area contributed by atoms with E-state index in [0.29, 0.717) is 0 Å². The van der Waals surface area contributed by atoms with Gasteiger partial charge >= 0.3 is 0 Å². The van der Waals surface area contributed by atoms with Gasteiger partial charge in [0.2, 0.25) is 0 Å². The van der Waals surface area contributed by atoms with Crippen molar-refractivity contribution in [3.05, 3.63) is 12.0 Å². The van der Waals surface area contributed by atoms with Crippen molar-refractivity contribution < 1.29 is 4.74 Å². The van der Waals surface area contributed by atoms with Crippen LogP contribution < -0.4 is 0 Å². The quantitative estimate of drug-likeness (QED) is 0.352. The Morgan fingerprint density at radius 3 is 2.45 bits per heavy atom. The zero-order valence-electron chi connectivity index (χ0n) is 8.13. The molecule has 0 aliphatic carbocycles. The Kier molecular flexibility index (Phi) is 6.32. The van der Waals surface area contributed by atoms with Gasteiger partial charge < -0.3 is 4.74 Å². The summed E-state index contributed by atoms with van der Waals surface area (Å²) in [5, 5.41) is 0. The maximum absolute atomic E-state index is 5.31. The molecule has 0 aromatic rings. The maximum atomic E-state index is 5.31. The van der Waals surface area contributed by atoms with E-state index in [0.717, 1.165) is 18.9 Å². The van der Waals surface area contributed by atoms with Gasteiger partial charge in [0.1, 0.15) is 0 Å². The Morgan fingerprint density at radius 1 is 1.36 bits per heavy atom. The van der Waals surface area contributed by atoms with Crippen molar-refractivity contribution in [2.24, 2.45) is 5.92 Å². The predicted molar refractivity (Wildman–Crippen MR) is 53.4 cm³/mol. The normalized spacial score (nSPS) is 11.8. The fourth-order valence-corrected chi connectivity index (χ4v) is 1.01. The monoisotopic (exact) mass is 172 g/mol. The highest BCUT2D eigenvalue weighted by molar-refractivity contribution is 6.61. The molecule has 0 heterocycles. The largest absolute Gasteiger partial charge is 0.502 e. The molecule has 0 radical (unpaired) electrons. The molecular weight excluding hydrogens is 152 g/mol. The van der Waals surface area contributed by atoms with Crippen molar-refractivity contribution in [3.63, 3.8) is 0 Å². The Balaban J connectivity index is 3.14. The molecule has 0 unspecified atom stereocenters. The van der Waals surface area contributed by atoms with Crippen LogP contribution in [0.15, 0.2) is 12.0 Å². The fourth-order valence-electron chi connectivity index (χ4n) is 0.584. The molecular formula is C9H20OSi. The van der Waals surface area contributed by atoms with Crippen LogP contribution in [0.3, 0.4) is 0 Å². The third-order valence-corrected chi connectivity index (χ3v) is 2.30. The molecule has 0 spiro atoms. The van der Waals surface area contributed by atoms with E-state index in [-0.39, 0.29) is 0 Å².